The predicted octanol–water partition coefficient (Wildman–Crippen LogP) is 3.19. The van der Waals surface area contributed by atoms with E-state index in [2.05, 4.69) is 4.98 Å². The van der Waals surface area contributed by atoms with Gasteiger partial charge in [0.15, 0.2) is 0 Å². The quantitative estimate of drug-likeness (QED) is 0.798. The lowest BCUT2D eigenvalue weighted by molar-refractivity contribution is 0.00578. The van der Waals surface area contributed by atoms with Gasteiger partial charge in [0, 0.05) is 18.0 Å². The number of nitrogens with zero attached hydrogens (tertiary/aromatic N) is 1. The van der Waals surface area contributed by atoms with Gasteiger partial charge < -0.3 is 9.31 Å². The van der Waals surface area contributed by atoms with E-state index in [9.17, 15) is 4.39 Å². The molecular weight excluding hydrogens is 280 g/mol. The van der Waals surface area contributed by atoms with E-state index in [1.807, 2.05) is 45.9 Å². The lowest BCUT2D eigenvalue weighted by atomic mass is 9.78. The number of hydrogen-bond donors (Lipinski definition) is 0. The summed E-state index contributed by atoms with van der Waals surface area (Å²) >= 11 is 0. The molecule has 0 amide bonds. The molecule has 0 saturated carbocycles. The molecule has 1 aromatic carbocycles. The van der Waals surface area contributed by atoms with Gasteiger partial charge in [-0.2, -0.15) is 0 Å². The number of pyridine rings is 1. The third-order valence-corrected chi connectivity index (χ3v) is 4.44. The van der Waals surface area contributed by atoms with Crippen LogP contribution in [0, 0.1) is 5.82 Å². The maximum atomic E-state index is 14.0. The van der Waals surface area contributed by atoms with Gasteiger partial charge in [-0.05, 0) is 56.9 Å². The van der Waals surface area contributed by atoms with Crippen molar-refractivity contribution in [3.63, 3.8) is 0 Å². The molecule has 0 unspecified atom stereocenters. The van der Waals surface area contributed by atoms with Crippen molar-refractivity contribution in [3.8, 4) is 11.1 Å². The zero-order chi connectivity index (χ0) is 16.0. The first-order valence-corrected chi connectivity index (χ1v) is 7.35. The normalized spacial score (nSPS) is 19.4. The highest BCUT2D eigenvalue weighted by atomic mass is 19.1. The minimum atomic E-state index is -0.573. The van der Waals surface area contributed by atoms with E-state index in [1.165, 1.54) is 12.1 Å². The van der Waals surface area contributed by atoms with E-state index in [-0.39, 0.29) is 5.82 Å². The highest BCUT2D eigenvalue weighted by Crippen LogP contribution is 2.36. The molecular formula is C17H19BFNO2. The molecule has 22 heavy (non-hydrogen) atoms. The standard InChI is InChI=1S/C17H19BFNO2/c1-16(2)17(3,4)22-18(21-16)14-8-13(9-15(19)10-14)12-6-5-7-20-11-12/h5-11H,1-4H3. The van der Waals surface area contributed by atoms with Crippen LogP contribution >= 0.6 is 0 Å². The first kappa shape index (κ1) is 15.2. The number of benzene rings is 1. The van der Waals surface area contributed by atoms with Crippen LogP contribution in [0.3, 0.4) is 0 Å². The Morgan fingerprint density at radius 1 is 1.00 bits per heavy atom. The van der Waals surface area contributed by atoms with Crippen LogP contribution < -0.4 is 5.46 Å². The molecule has 1 aromatic heterocycles. The second-order valence-corrected chi connectivity index (χ2v) is 6.60. The summed E-state index contributed by atoms with van der Waals surface area (Å²) in [5.41, 5.74) is 1.41. The molecule has 1 aliphatic heterocycles. The Labute approximate surface area is 130 Å². The summed E-state index contributed by atoms with van der Waals surface area (Å²) in [7, 11) is -0.573. The van der Waals surface area contributed by atoms with Gasteiger partial charge >= 0.3 is 7.12 Å². The van der Waals surface area contributed by atoms with Gasteiger partial charge in [0.25, 0.3) is 0 Å². The number of halogens is 1. The van der Waals surface area contributed by atoms with Crippen LogP contribution in [0.2, 0.25) is 0 Å². The van der Waals surface area contributed by atoms with Crippen LogP contribution in [-0.2, 0) is 9.31 Å². The summed E-state index contributed by atoms with van der Waals surface area (Å²) in [4.78, 5) is 4.08. The zero-order valence-electron chi connectivity index (χ0n) is 13.3. The number of aromatic nitrogens is 1. The molecule has 5 heteroatoms. The van der Waals surface area contributed by atoms with E-state index in [0.717, 1.165) is 11.1 Å². The summed E-state index contributed by atoms with van der Waals surface area (Å²) in [6, 6.07) is 8.57. The summed E-state index contributed by atoms with van der Waals surface area (Å²) in [5.74, 6) is -0.314. The SMILES string of the molecule is CC1(C)OB(c2cc(F)cc(-c3cccnc3)c2)OC1(C)C. The Kier molecular flexibility index (Phi) is 3.58. The van der Waals surface area contributed by atoms with Gasteiger partial charge in [-0.3, -0.25) is 4.98 Å². The molecule has 0 N–H and O–H groups in total. The summed E-state index contributed by atoms with van der Waals surface area (Å²) in [5, 5.41) is 0. The molecule has 0 spiro atoms. The van der Waals surface area contributed by atoms with E-state index < -0.39 is 18.3 Å². The highest BCUT2D eigenvalue weighted by molar-refractivity contribution is 6.62. The van der Waals surface area contributed by atoms with Crippen LogP contribution in [0.5, 0.6) is 0 Å². The molecule has 3 nitrogen and oxygen atoms in total. The average molecular weight is 299 g/mol. The lowest BCUT2D eigenvalue weighted by Gasteiger charge is -2.32. The molecule has 114 valence electrons. The molecule has 1 aliphatic rings. The molecule has 0 aliphatic carbocycles. The molecule has 0 atom stereocenters. The Morgan fingerprint density at radius 2 is 1.68 bits per heavy atom. The maximum absolute atomic E-state index is 14.0. The average Bonchev–Trinajstić information content (AvgIpc) is 2.68. The second-order valence-electron chi connectivity index (χ2n) is 6.60. The predicted molar refractivity (Wildman–Crippen MR) is 85.3 cm³/mol. The van der Waals surface area contributed by atoms with Gasteiger partial charge in [0.05, 0.1) is 11.2 Å². The maximum Gasteiger partial charge on any atom is 0.494 e. The molecule has 2 heterocycles. The monoisotopic (exact) mass is 299 g/mol. The third-order valence-electron chi connectivity index (χ3n) is 4.44. The topological polar surface area (TPSA) is 31.4 Å². The minimum Gasteiger partial charge on any atom is -0.399 e. The van der Waals surface area contributed by atoms with Gasteiger partial charge in [-0.25, -0.2) is 4.39 Å². The van der Waals surface area contributed by atoms with Gasteiger partial charge in [0.1, 0.15) is 5.82 Å². The fraction of sp³-hybridized carbons (Fsp3) is 0.353. The summed E-state index contributed by atoms with van der Waals surface area (Å²) < 4.78 is 26.0. The van der Waals surface area contributed by atoms with E-state index >= 15 is 0 Å². The van der Waals surface area contributed by atoms with Gasteiger partial charge in [-0.15, -0.1) is 0 Å². The second kappa shape index (κ2) is 5.18. The smallest absolute Gasteiger partial charge is 0.399 e. The number of hydrogen-bond acceptors (Lipinski definition) is 3. The van der Waals surface area contributed by atoms with Crippen LogP contribution in [-0.4, -0.2) is 23.3 Å². The van der Waals surface area contributed by atoms with Crippen molar-refractivity contribution in [2.75, 3.05) is 0 Å². The van der Waals surface area contributed by atoms with Crippen LogP contribution in [0.1, 0.15) is 27.7 Å². The Balaban J connectivity index is 1.98. The third kappa shape index (κ3) is 2.66. The lowest BCUT2D eigenvalue weighted by Crippen LogP contribution is -2.41. The fourth-order valence-corrected chi connectivity index (χ4v) is 2.43. The number of rotatable bonds is 2. The fourth-order valence-electron chi connectivity index (χ4n) is 2.43. The van der Waals surface area contributed by atoms with E-state index in [4.69, 9.17) is 9.31 Å². The summed E-state index contributed by atoms with van der Waals surface area (Å²) in [6.45, 7) is 7.92. The van der Waals surface area contributed by atoms with Crippen LogP contribution in [0.4, 0.5) is 4.39 Å². The van der Waals surface area contributed by atoms with Crippen molar-refractivity contribution in [2.24, 2.45) is 0 Å². The van der Waals surface area contributed by atoms with Crippen LogP contribution in [0.15, 0.2) is 42.7 Å². The van der Waals surface area contributed by atoms with E-state index in [0.29, 0.717) is 5.46 Å². The van der Waals surface area contributed by atoms with E-state index in [1.54, 1.807) is 12.4 Å². The van der Waals surface area contributed by atoms with Gasteiger partial charge in [-0.1, -0.05) is 12.1 Å². The van der Waals surface area contributed by atoms with Crippen molar-refractivity contribution in [1.29, 1.82) is 0 Å². The first-order valence-electron chi connectivity index (χ1n) is 7.35. The summed E-state index contributed by atoms with van der Waals surface area (Å²) in [6.07, 6.45) is 3.40. The van der Waals surface area contributed by atoms with Gasteiger partial charge in [0.2, 0.25) is 0 Å². The van der Waals surface area contributed by atoms with Crippen LogP contribution in [0.25, 0.3) is 11.1 Å². The van der Waals surface area contributed by atoms with Crippen molar-refractivity contribution in [3.05, 3.63) is 48.5 Å². The Morgan fingerprint density at radius 3 is 2.27 bits per heavy atom. The highest BCUT2D eigenvalue weighted by Gasteiger charge is 2.51. The molecule has 3 rings (SSSR count). The Hall–Kier alpha value is -1.72. The largest absolute Gasteiger partial charge is 0.494 e. The Bertz CT molecular complexity index is 672. The molecule has 0 radical (unpaired) electrons. The first-order chi connectivity index (χ1) is 10.3. The van der Waals surface area contributed by atoms with Crippen molar-refractivity contribution >= 4 is 12.6 Å². The minimum absolute atomic E-state index is 0.314. The molecule has 1 fully saturated rings. The molecule has 0 bridgehead atoms. The zero-order valence-corrected chi connectivity index (χ0v) is 13.3. The van der Waals surface area contributed by atoms with Crippen molar-refractivity contribution in [2.45, 2.75) is 38.9 Å². The molecule has 1 saturated heterocycles. The molecule has 2 aromatic rings. The van der Waals surface area contributed by atoms with Crippen molar-refractivity contribution in [1.82, 2.24) is 4.98 Å². The van der Waals surface area contributed by atoms with Crippen molar-refractivity contribution < 1.29 is 13.7 Å².